The van der Waals surface area contributed by atoms with Gasteiger partial charge in [-0.3, -0.25) is 4.99 Å². The first-order valence-electron chi connectivity index (χ1n) is 11.0. The SMILES string of the molecule is CN=C(NCC1CCOC1c1ccccc1)NC1CCN(c2ccc(C)cn2)CC1. The van der Waals surface area contributed by atoms with Crippen LogP contribution in [0.5, 0.6) is 0 Å². The summed E-state index contributed by atoms with van der Waals surface area (Å²) < 4.78 is 6.02. The van der Waals surface area contributed by atoms with Crippen LogP contribution in [0.25, 0.3) is 0 Å². The summed E-state index contributed by atoms with van der Waals surface area (Å²) in [4.78, 5) is 11.4. The van der Waals surface area contributed by atoms with E-state index in [-0.39, 0.29) is 6.10 Å². The van der Waals surface area contributed by atoms with Crippen LogP contribution in [0.2, 0.25) is 0 Å². The number of piperidine rings is 1. The summed E-state index contributed by atoms with van der Waals surface area (Å²) in [5, 5.41) is 7.16. The topological polar surface area (TPSA) is 61.8 Å². The number of guanidine groups is 1. The molecule has 0 radical (unpaired) electrons. The molecule has 160 valence electrons. The van der Waals surface area contributed by atoms with Gasteiger partial charge in [-0.1, -0.05) is 36.4 Å². The lowest BCUT2D eigenvalue weighted by Gasteiger charge is -2.34. The summed E-state index contributed by atoms with van der Waals surface area (Å²) in [6.45, 7) is 5.79. The van der Waals surface area contributed by atoms with Gasteiger partial charge in [0.2, 0.25) is 0 Å². The monoisotopic (exact) mass is 407 g/mol. The zero-order chi connectivity index (χ0) is 20.8. The molecule has 0 aliphatic carbocycles. The van der Waals surface area contributed by atoms with Crippen molar-refractivity contribution in [3.63, 3.8) is 0 Å². The second kappa shape index (κ2) is 9.94. The first-order valence-corrected chi connectivity index (χ1v) is 11.0. The molecule has 0 amide bonds. The van der Waals surface area contributed by atoms with E-state index < -0.39 is 0 Å². The Kier molecular flexibility index (Phi) is 6.84. The molecule has 1 aromatic heterocycles. The fourth-order valence-corrected chi connectivity index (χ4v) is 4.37. The lowest BCUT2D eigenvalue weighted by Crippen LogP contribution is -2.49. The van der Waals surface area contributed by atoms with Crippen molar-refractivity contribution in [3.05, 3.63) is 59.8 Å². The highest BCUT2D eigenvalue weighted by molar-refractivity contribution is 5.80. The minimum Gasteiger partial charge on any atom is -0.373 e. The normalized spacial score (nSPS) is 22.9. The molecule has 2 N–H and O–H groups in total. The van der Waals surface area contributed by atoms with E-state index in [9.17, 15) is 0 Å². The molecule has 0 bridgehead atoms. The number of aromatic nitrogens is 1. The van der Waals surface area contributed by atoms with Gasteiger partial charge in [0.05, 0.1) is 6.10 Å². The Morgan fingerprint density at radius 3 is 2.63 bits per heavy atom. The molecule has 3 heterocycles. The van der Waals surface area contributed by atoms with Gasteiger partial charge in [0.1, 0.15) is 5.82 Å². The number of aryl methyl sites for hydroxylation is 1. The summed E-state index contributed by atoms with van der Waals surface area (Å²) in [5.41, 5.74) is 2.47. The molecule has 2 atom stereocenters. The van der Waals surface area contributed by atoms with Crippen LogP contribution in [0.3, 0.4) is 0 Å². The molecule has 6 heteroatoms. The van der Waals surface area contributed by atoms with Crippen molar-refractivity contribution in [1.82, 2.24) is 15.6 Å². The predicted octanol–water partition coefficient (Wildman–Crippen LogP) is 3.30. The van der Waals surface area contributed by atoms with Crippen molar-refractivity contribution in [2.45, 2.75) is 38.3 Å². The molecule has 2 aliphatic rings. The summed E-state index contributed by atoms with van der Waals surface area (Å²) in [5.74, 6) is 2.43. The second-order valence-corrected chi connectivity index (χ2v) is 8.30. The van der Waals surface area contributed by atoms with Gasteiger partial charge < -0.3 is 20.3 Å². The Balaban J connectivity index is 1.25. The quantitative estimate of drug-likeness (QED) is 0.588. The molecule has 2 aliphatic heterocycles. The molecule has 1 aromatic carbocycles. The molecule has 2 saturated heterocycles. The molecule has 6 nitrogen and oxygen atoms in total. The first kappa shape index (κ1) is 20.7. The van der Waals surface area contributed by atoms with Crippen LogP contribution in [0, 0.1) is 12.8 Å². The minimum atomic E-state index is 0.169. The minimum absolute atomic E-state index is 0.169. The Morgan fingerprint density at radius 1 is 1.13 bits per heavy atom. The summed E-state index contributed by atoms with van der Waals surface area (Å²) in [7, 11) is 1.85. The van der Waals surface area contributed by atoms with Gasteiger partial charge in [-0.05, 0) is 43.4 Å². The average molecular weight is 408 g/mol. The average Bonchev–Trinajstić information content (AvgIpc) is 3.27. The third-order valence-electron chi connectivity index (χ3n) is 6.15. The maximum absolute atomic E-state index is 6.02. The molecule has 0 saturated carbocycles. The molecular formula is C24H33N5O. The van der Waals surface area contributed by atoms with E-state index in [4.69, 9.17) is 4.74 Å². The van der Waals surface area contributed by atoms with Crippen LogP contribution in [-0.2, 0) is 4.74 Å². The number of benzene rings is 1. The van der Waals surface area contributed by atoms with E-state index in [0.717, 1.165) is 57.3 Å². The highest BCUT2D eigenvalue weighted by Gasteiger charge is 2.30. The van der Waals surface area contributed by atoms with E-state index in [0.29, 0.717) is 12.0 Å². The molecule has 2 aromatic rings. The van der Waals surface area contributed by atoms with Gasteiger partial charge in [-0.2, -0.15) is 0 Å². The van der Waals surface area contributed by atoms with Crippen LogP contribution < -0.4 is 15.5 Å². The number of ether oxygens (including phenoxy) is 1. The molecular weight excluding hydrogens is 374 g/mol. The standard InChI is InChI=1S/C24H33N5O/c1-18-8-9-22(26-16-18)29-13-10-21(11-14-29)28-24(25-2)27-17-20-12-15-30-23(20)19-6-4-3-5-7-19/h3-9,16,20-21,23H,10-15,17H2,1-2H3,(H2,25,27,28). The third-order valence-corrected chi connectivity index (χ3v) is 6.15. The third kappa shape index (κ3) is 5.11. The second-order valence-electron chi connectivity index (χ2n) is 8.30. The van der Waals surface area contributed by atoms with Crippen LogP contribution in [0.15, 0.2) is 53.7 Å². The summed E-state index contributed by atoms with van der Waals surface area (Å²) in [6, 6.07) is 15.2. The Morgan fingerprint density at radius 2 is 1.93 bits per heavy atom. The van der Waals surface area contributed by atoms with Crippen molar-refractivity contribution in [3.8, 4) is 0 Å². The van der Waals surface area contributed by atoms with Gasteiger partial charge >= 0.3 is 0 Å². The van der Waals surface area contributed by atoms with E-state index >= 15 is 0 Å². The van der Waals surface area contributed by atoms with Crippen molar-refractivity contribution in [2.75, 3.05) is 38.2 Å². The van der Waals surface area contributed by atoms with Crippen molar-refractivity contribution >= 4 is 11.8 Å². The summed E-state index contributed by atoms with van der Waals surface area (Å²) >= 11 is 0. The molecule has 2 unspecified atom stereocenters. The Hall–Kier alpha value is -2.60. The number of nitrogens with one attached hydrogen (secondary N) is 2. The summed E-state index contributed by atoms with van der Waals surface area (Å²) in [6.07, 6.45) is 5.35. The maximum atomic E-state index is 6.02. The largest absolute Gasteiger partial charge is 0.373 e. The van der Waals surface area contributed by atoms with E-state index in [1.165, 1.54) is 11.1 Å². The molecule has 2 fully saturated rings. The number of anilines is 1. The highest BCUT2D eigenvalue weighted by atomic mass is 16.5. The number of hydrogen-bond donors (Lipinski definition) is 2. The van der Waals surface area contributed by atoms with Crippen LogP contribution >= 0.6 is 0 Å². The van der Waals surface area contributed by atoms with Crippen molar-refractivity contribution in [1.29, 1.82) is 0 Å². The molecule has 4 rings (SSSR count). The number of pyridine rings is 1. The number of rotatable bonds is 5. The number of hydrogen-bond acceptors (Lipinski definition) is 4. The smallest absolute Gasteiger partial charge is 0.191 e. The van der Waals surface area contributed by atoms with Gasteiger partial charge in [0.15, 0.2) is 5.96 Å². The zero-order valence-corrected chi connectivity index (χ0v) is 18.1. The fraction of sp³-hybridized carbons (Fsp3) is 0.500. The molecule has 0 spiro atoms. The Bertz CT molecular complexity index is 815. The van der Waals surface area contributed by atoms with E-state index in [1.807, 2.05) is 13.2 Å². The number of nitrogens with zero attached hydrogens (tertiary/aromatic N) is 3. The van der Waals surface area contributed by atoms with Gasteiger partial charge in [0, 0.05) is 51.4 Å². The predicted molar refractivity (Wildman–Crippen MR) is 122 cm³/mol. The number of aliphatic imine (C=N–C) groups is 1. The lowest BCUT2D eigenvalue weighted by atomic mass is 9.95. The maximum Gasteiger partial charge on any atom is 0.191 e. The highest BCUT2D eigenvalue weighted by Crippen LogP contribution is 2.33. The first-order chi connectivity index (χ1) is 14.7. The van der Waals surface area contributed by atoms with Crippen molar-refractivity contribution < 1.29 is 4.74 Å². The van der Waals surface area contributed by atoms with Crippen molar-refractivity contribution in [2.24, 2.45) is 10.9 Å². The van der Waals surface area contributed by atoms with Gasteiger partial charge in [-0.15, -0.1) is 0 Å². The Labute approximate surface area is 179 Å². The zero-order valence-electron chi connectivity index (χ0n) is 18.1. The van der Waals surface area contributed by atoms with Crippen LogP contribution in [-0.4, -0.2) is 50.3 Å². The van der Waals surface area contributed by atoms with E-state index in [1.54, 1.807) is 0 Å². The fourth-order valence-electron chi connectivity index (χ4n) is 4.37. The van der Waals surface area contributed by atoms with Crippen LogP contribution in [0.1, 0.15) is 36.5 Å². The van der Waals surface area contributed by atoms with Gasteiger partial charge in [-0.25, -0.2) is 4.98 Å². The van der Waals surface area contributed by atoms with E-state index in [2.05, 4.69) is 74.9 Å². The van der Waals surface area contributed by atoms with Gasteiger partial charge in [0.25, 0.3) is 0 Å². The lowest BCUT2D eigenvalue weighted by molar-refractivity contribution is 0.0915. The molecule has 30 heavy (non-hydrogen) atoms. The van der Waals surface area contributed by atoms with Crippen LogP contribution in [0.4, 0.5) is 5.82 Å².